The Bertz CT molecular complexity index is 404. The van der Waals surface area contributed by atoms with Crippen molar-refractivity contribution in [3.05, 3.63) is 22.4 Å². The van der Waals surface area contributed by atoms with Crippen LogP contribution < -0.4 is 5.32 Å². The number of nitrogens with one attached hydrogen (secondary N) is 1. The third-order valence-corrected chi connectivity index (χ3v) is 4.81. The molecule has 1 N–H and O–H groups in total. The Labute approximate surface area is 124 Å². The highest BCUT2D eigenvalue weighted by molar-refractivity contribution is 7.07. The second-order valence-corrected chi connectivity index (χ2v) is 6.07. The van der Waals surface area contributed by atoms with Gasteiger partial charge in [0.2, 0.25) is 5.91 Å². The Hall–Kier alpha value is -0.580. The second-order valence-electron chi connectivity index (χ2n) is 5.29. The van der Waals surface area contributed by atoms with Crippen molar-refractivity contribution in [3.63, 3.8) is 0 Å². The first-order valence-corrected chi connectivity index (χ1v) is 7.84. The molecule has 0 bridgehead atoms. The lowest BCUT2D eigenvalue weighted by molar-refractivity contribution is -0.137. The number of hydrogen-bond acceptors (Lipinski definition) is 3. The van der Waals surface area contributed by atoms with E-state index in [1.54, 1.807) is 11.3 Å². The minimum absolute atomic E-state index is 0. The Kier molecular flexibility index (Phi) is 5.25. The third kappa shape index (κ3) is 3.12. The number of likely N-dealkylation sites (tertiary alicyclic amines) is 1. The van der Waals surface area contributed by atoms with Gasteiger partial charge in [0.15, 0.2) is 0 Å². The molecule has 3 heterocycles. The topological polar surface area (TPSA) is 32.3 Å². The molecule has 19 heavy (non-hydrogen) atoms. The Balaban J connectivity index is 0.00000133. The van der Waals surface area contributed by atoms with Crippen LogP contribution in [0.1, 0.15) is 37.3 Å². The van der Waals surface area contributed by atoms with Crippen molar-refractivity contribution in [1.29, 1.82) is 0 Å². The van der Waals surface area contributed by atoms with Gasteiger partial charge < -0.3 is 10.2 Å². The largest absolute Gasteiger partial charge is 0.335 e. The molecule has 2 aliphatic heterocycles. The van der Waals surface area contributed by atoms with Gasteiger partial charge in [-0.1, -0.05) is 0 Å². The fraction of sp³-hybridized carbons (Fsp3) is 0.643. The smallest absolute Gasteiger partial charge is 0.227 e. The van der Waals surface area contributed by atoms with Crippen molar-refractivity contribution in [2.75, 3.05) is 19.6 Å². The van der Waals surface area contributed by atoms with Crippen LogP contribution >= 0.6 is 23.7 Å². The molecule has 1 aromatic rings. The molecule has 0 radical (unpaired) electrons. The van der Waals surface area contributed by atoms with E-state index in [9.17, 15) is 4.79 Å². The SMILES string of the molecule is Cl.O=C([C@@H]1CCCNC1)N1CCCC1c1ccsc1. The van der Waals surface area contributed by atoms with Crippen molar-refractivity contribution in [2.24, 2.45) is 5.92 Å². The van der Waals surface area contributed by atoms with Crippen LogP contribution in [-0.2, 0) is 4.79 Å². The maximum absolute atomic E-state index is 12.6. The van der Waals surface area contributed by atoms with Crippen LogP contribution in [0.3, 0.4) is 0 Å². The molecular weight excluding hydrogens is 280 g/mol. The summed E-state index contributed by atoms with van der Waals surface area (Å²) in [5.74, 6) is 0.578. The number of hydrogen-bond donors (Lipinski definition) is 1. The van der Waals surface area contributed by atoms with Crippen molar-refractivity contribution in [3.8, 4) is 0 Å². The predicted molar refractivity (Wildman–Crippen MR) is 80.8 cm³/mol. The minimum atomic E-state index is 0. The van der Waals surface area contributed by atoms with Gasteiger partial charge in [0, 0.05) is 13.1 Å². The van der Waals surface area contributed by atoms with E-state index in [0.29, 0.717) is 11.9 Å². The standard InChI is InChI=1S/C14H20N2OS.ClH/c17-14(11-3-1-6-15-9-11)16-7-2-4-13(16)12-5-8-18-10-12;/h5,8,10-11,13,15H,1-4,6-7,9H2;1H/t11-,13?;/m1./s1. The van der Waals surface area contributed by atoms with Gasteiger partial charge in [0.05, 0.1) is 12.0 Å². The highest BCUT2D eigenvalue weighted by Crippen LogP contribution is 2.34. The lowest BCUT2D eigenvalue weighted by Crippen LogP contribution is -2.42. The summed E-state index contributed by atoms with van der Waals surface area (Å²) in [4.78, 5) is 14.7. The highest BCUT2D eigenvalue weighted by atomic mass is 35.5. The van der Waals surface area contributed by atoms with Gasteiger partial charge in [-0.25, -0.2) is 0 Å². The number of rotatable bonds is 2. The molecule has 3 nitrogen and oxygen atoms in total. The van der Waals surface area contributed by atoms with E-state index in [1.807, 2.05) is 0 Å². The lowest BCUT2D eigenvalue weighted by atomic mass is 9.97. The Morgan fingerprint density at radius 3 is 2.95 bits per heavy atom. The van der Waals surface area contributed by atoms with Gasteiger partial charge in [0.1, 0.15) is 0 Å². The van der Waals surface area contributed by atoms with Crippen LogP contribution in [0.5, 0.6) is 0 Å². The predicted octanol–water partition coefficient (Wildman–Crippen LogP) is 2.83. The normalized spacial score (nSPS) is 27.1. The summed E-state index contributed by atoms with van der Waals surface area (Å²) in [7, 11) is 0. The average Bonchev–Trinajstić information content (AvgIpc) is 3.09. The van der Waals surface area contributed by atoms with Crippen molar-refractivity contribution in [2.45, 2.75) is 31.7 Å². The molecule has 1 unspecified atom stereocenters. The second kappa shape index (κ2) is 6.73. The molecule has 1 amide bonds. The first-order valence-electron chi connectivity index (χ1n) is 6.89. The van der Waals surface area contributed by atoms with E-state index in [0.717, 1.165) is 45.3 Å². The Morgan fingerprint density at radius 1 is 1.37 bits per heavy atom. The van der Waals surface area contributed by atoms with Crippen LogP contribution in [0.4, 0.5) is 0 Å². The van der Waals surface area contributed by atoms with E-state index in [2.05, 4.69) is 27.0 Å². The maximum Gasteiger partial charge on any atom is 0.227 e. The van der Waals surface area contributed by atoms with Crippen molar-refractivity contribution < 1.29 is 4.79 Å². The first kappa shape index (κ1) is 14.8. The van der Waals surface area contributed by atoms with E-state index >= 15 is 0 Å². The molecule has 0 saturated carbocycles. The van der Waals surface area contributed by atoms with Crippen molar-refractivity contribution in [1.82, 2.24) is 10.2 Å². The number of amides is 1. The molecule has 1 aromatic heterocycles. The molecule has 2 aliphatic rings. The summed E-state index contributed by atoms with van der Waals surface area (Å²) in [6, 6.07) is 2.51. The zero-order chi connectivity index (χ0) is 12.4. The molecule has 0 aromatic carbocycles. The van der Waals surface area contributed by atoms with E-state index < -0.39 is 0 Å². The van der Waals surface area contributed by atoms with Gasteiger partial charge >= 0.3 is 0 Å². The van der Waals surface area contributed by atoms with Crippen LogP contribution in [-0.4, -0.2) is 30.4 Å². The summed E-state index contributed by atoms with van der Waals surface area (Å²) in [5, 5.41) is 7.64. The zero-order valence-electron chi connectivity index (χ0n) is 11.0. The van der Waals surface area contributed by atoms with Crippen molar-refractivity contribution >= 4 is 29.7 Å². The fourth-order valence-electron chi connectivity index (χ4n) is 3.14. The number of thiophene rings is 1. The Morgan fingerprint density at radius 2 is 2.26 bits per heavy atom. The van der Waals surface area contributed by atoms with E-state index in [4.69, 9.17) is 0 Å². The summed E-state index contributed by atoms with van der Waals surface area (Å²) in [5.41, 5.74) is 1.33. The van der Waals surface area contributed by atoms with Crippen LogP contribution in [0.15, 0.2) is 16.8 Å². The number of carbonyl (C=O) groups excluding carboxylic acids is 1. The van der Waals surface area contributed by atoms with Gasteiger partial charge in [-0.15, -0.1) is 12.4 Å². The molecule has 3 rings (SSSR count). The first-order chi connectivity index (χ1) is 8.86. The van der Waals surface area contributed by atoms with Gasteiger partial charge in [-0.3, -0.25) is 4.79 Å². The summed E-state index contributed by atoms with van der Waals surface area (Å²) in [6.07, 6.45) is 4.46. The number of piperidine rings is 1. The third-order valence-electron chi connectivity index (χ3n) is 4.11. The summed E-state index contributed by atoms with van der Waals surface area (Å²) in [6.45, 7) is 2.87. The minimum Gasteiger partial charge on any atom is -0.335 e. The molecule has 0 aliphatic carbocycles. The molecule has 2 atom stereocenters. The molecule has 106 valence electrons. The average molecular weight is 301 g/mol. The maximum atomic E-state index is 12.6. The van der Waals surface area contributed by atoms with E-state index in [1.165, 1.54) is 5.56 Å². The zero-order valence-corrected chi connectivity index (χ0v) is 12.6. The highest BCUT2D eigenvalue weighted by Gasteiger charge is 2.34. The quantitative estimate of drug-likeness (QED) is 0.911. The van der Waals surface area contributed by atoms with E-state index in [-0.39, 0.29) is 18.3 Å². The number of nitrogens with zero attached hydrogens (tertiary/aromatic N) is 1. The summed E-state index contributed by atoms with van der Waals surface area (Å²) < 4.78 is 0. The van der Waals surface area contributed by atoms with Crippen LogP contribution in [0.25, 0.3) is 0 Å². The monoisotopic (exact) mass is 300 g/mol. The fourth-order valence-corrected chi connectivity index (χ4v) is 3.85. The van der Waals surface area contributed by atoms with Gasteiger partial charge in [0.25, 0.3) is 0 Å². The molecule has 2 saturated heterocycles. The molecule has 2 fully saturated rings. The van der Waals surface area contributed by atoms with Crippen LogP contribution in [0, 0.1) is 5.92 Å². The molecule has 0 spiro atoms. The molecule has 5 heteroatoms. The lowest BCUT2D eigenvalue weighted by Gasteiger charge is -2.30. The van der Waals surface area contributed by atoms with Gasteiger partial charge in [-0.05, 0) is 54.6 Å². The van der Waals surface area contributed by atoms with Crippen LogP contribution in [0.2, 0.25) is 0 Å². The molecular formula is C14H21ClN2OS. The number of carbonyl (C=O) groups is 1. The summed E-state index contributed by atoms with van der Waals surface area (Å²) >= 11 is 1.73. The van der Waals surface area contributed by atoms with Gasteiger partial charge in [-0.2, -0.15) is 11.3 Å². The number of halogens is 1.